The number of hydrogen-bond donors (Lipinski definition) is 1. The second kappa shape index (κ2) is 4.36. The van der Waals surface area contributed by atoms with Crippen LogP contribution in [-0.4, -0.2) is 28.4 Å². The molecule has 0 bridgehead atoms. The fraction of sp³-hybridized carbons (Fsp3) is 0.556. The Kier molecular flexibility index (Phi) is 3.46. The molecule has 96 valence electrons. The van der Waals surface area contributed by atoms with E-state index in [4.69, 9.17) is 5.73 Å². The number of esters is 1. The van der Waals surface area contributed by atoms with Gasteiger partial charge in [-0.15, -0.1) is 0 Å². The van der Waals surface area contributed by atoms with E-state index >= 15 is 0 Å². The first kappa shape index (κ1) is 13.5. The van der Waals surface area contributed by atoms with Crippen molar-refractivity contribution in [3.05, 3.63) is 18.0 Å². The summed E-state index contributed by atoms with van der Waals surface area (Å²) in [5.74, 6) is -0.721. The lowest BCUT2D eigenvalue weighted by atomic mass is 10.1. The van der Waals surface area contributed by atoms with Crippen molar-refractivity contribution in [3.63, 3.8) is 0 Å². The first-order valence-electron chi connectivity index (χ1n) is 4.64. The number of halogens is 3. The van der Waals surface area contributed by atoms with Crippen molar-refractivity contribution in [2.24, 2.45) is 5.73 Å². The quantitative estimate of drug-likeness (QED) is 0.806. The molecule has 0 fully saturated rings. The molecular formula is C9H12F3N3O2. The van der Waals surface area contributed by atoms with E-state index < -0.39 is 23.2 Å². The topological polar surface area (TPSA) is 70.1 Å². The first-order valence-corrected chi connectivity index (χ1v) is 4.64. The highest BCUT2D eigenvalue weighted by Gasteiger charge is 2.34. The number of aromatic nitrogens is 2. The third kappa shape index (κ3) is 3.19. The van der Waals surface area contributed by atoms with Crippen LogP contribution in [-0.2, 0) is 22.3 Å². The molecule has 5 nitrogen and oxygen atoms in total. The lowest BCUT2D eigenvalue weighted by molar-refractivity contribution is -0.147. The summed E-state index contributed by atoms with van der Waals surface area (Å²) in [6.07, 6.45) is -3.00. The standard InChI is InChI=1S/C9H12F3N3O2/c1-8(13,7(16)17-2)5-15-4-6(3-14-15)9(10,11)12/h3-4H,5,13H2,1-2H3. The van der Waals surface area contributed by atoms with Crippen LogP contribution in [0.4, 0.5) is 13.2 Å². The molecule has 0 aliphatic carbocycles. The van der Waals surface area contributed by atoms with Gasteiger partial charge in [-0.25, -0.2) is 0 Å². The highest BCUT2D eigenvalue weighted by molar-refractivity contribution is 5.79. The SMILES string of the molecule is COC(=O)C(C)(N)Cn1cc(C(F)(F)F)cn1. The second-order valence-corrected chi connectivity index (χ2v) is 3.83. The summed E-state index contributed by atoms with van der Waals surface area (Å²) < 4.78 is 42.2. The van der Waals surface area contributed by atoms with E-state index in [2.05, 4.69) is 9.84 Å². The Hall–Kier alpha value is -1.57. The van der Waals surface area contributed by atoms with Crippen LogP contribution >= 0.6 is 0 Å². The largest absolute Gasteiger partial charge is 0.468 e. The Balaban J connectivity index is 2.83. The third-order valence-corrected chi connectivity index (χ3v) is 2.10. The van der Waals surface area contributed by atoms with Gasteiger partial charge in [0.05, 0.1) is 25.4 Å². The molecule has 0 aliphatic rings. The van der Waals surface area contributed by atoms with Crippen LogP contribution in [0.2, 0.25) is 0 Å². The molecule has 17 heavy (non-hydrogen) atoms. The summed E-state index contributed by atoms with van der Waals surface area (Å²) in [6.45, 7) is 1.16. The van der Waals surface area contributed by atoms with Crippen molar-refractivity contribution < 1.29 is 22.7 Å². The maximum atomic E-state index is 12.3. The highest BCUT2D eigenvalue weighted by atomic mass is 19.4. The molecule has 2 N–H and O–H groups in total. The van der Waals surface area contributed by atoms with E-state index in [0.29, 0.717) is 6.20 Å². The van der Waals surface area contributed by atoms with Gasteiger partial charge in [-0.1, -0.05) is 0 Å². The first-order chi connectivity index (χ1) is 7.66. The molecule has 1 aromatic heterocycles. The maximum absolute atomic E-state index is 12.3. The Morgan fingerprint density at radius 3 is 2.59 bits per heavy atom. The van der Waals surface area contributed by atoms with E-state index in [1.165, 1.54) is 6.92 Å². The van der Waals surface area contributed by atoms with E-state index in [1.54, 1.807) is 0 Å². The van der Waals surface area contributed by atoms with E-state index in [0.717, 1.165) is 18.0 Å². The molecule has 1 aromatic rings. The molecule has 1 unspecified atom stereocenters. The number of rotatable bonds is 3. The summed E-state index contributed by atoms with van der Waals surface area (Å²) in [6, 6.07) is 0. The number of nitrogens with two attached hydrogens (primary N) is 1. The van der Waals surface area contributed by atoms with Gasteiger partial charge in [0.25, 0.3) is 0 Å². The molecule has 1 atom stereocenters. The van der Waals surface area contributed by atoms with Crippen LogP contribution in [0.25, 0.3) is 0 Å². The number of carbonyl (C=O) groups excluding carboxylic acids is 1. The predicted molar refractivity (Wildman–Crippen MR) is 51.8 cm³/mol. The minimum absolute atomic E-state index is 0.199. The average Bonchev–Trinajstić information content (AvgIpc) is 2.63. The van der Waals surface area contributed by atoms with E-state index in [1.807, 2.05) is 0 Å². The van der Waals surface area contributed by atoms with Crippen molar-refractivity contribution in [1.29, 1.82) is 0 Å². The average molecular weight is 251 g/mol. The van der Waals surface area contributed by atoms with Crippen LogP contribution in [0, 0.1) is 0 Å². The summed E-state index contributed by atoms with van der Waals surface area (Å²) >= 11 is 0. The molecular weight excluding hydrogens is 239 g/mol. The number of alkyl halides is 3. The monoisotopic (exact) mass is 251 g/mol. The van der Waals surface area contributed by atoms with Crippen molar-refractivity contribution in [2.75, 3.05) is 7.11 Å². The molecule has 1 heterocycles. The fourth-order valence-corrected chi connectivity index (χ4v) is 1.23. The Morgan fingerprint density at radius 2 is 2.18 bits per heavy atom. The molecule has 0 saturated heterocycles. The molecule has 0 amide bonds. The number of ether oxygens (including phenoxy) is 1. The molecule has 0 aliphatic heterocycles. The van der Waals surface area contributed by atoms with Gasteiger partial charge in [0, 0.05) is 6.20 Å². The van der Waals surface area contributed by atoms with Crippen LogP contribution in [0.3, 0.4) is 0 Å². The molecule has 0 spiro atoms. The summed E-state index contributed by atoms with van der Waals surface area (Å²) in [7, 11) is 1.15. The van der Waals surface area contributed by atoms with Crippen molar-refractivity contribution in [3.8, 4) is 0 Å². The van der Waals surface area contributed by atoms with Gasteiger partial charge in [0.2, 0.25) is 0 Å². The summed E-state index contributed by atoms with van der Waals surface area (Å²) in [5.41, 5.74) is 3.29. The number of methoxy groups -OCH3 is 1. The van der Waals surface area contributed by atoms with E-state index in [-0.39, 0.29) is 6.54 Å². The number of nitrogens with zero attached hydrogens (tertiary/aromatic N) is 2. The zero-order valence-electron chi connectivity index (χ0n) is 9.28. The van der Waals surface area contributed by atoms with Gasteiger partial charge in [-0.2, -0.15) is 18.3 Å². The van der Waals surface area contributed by atoms with Crippen LogP contribution in [0.15, 0.2) is 12.4 Å². The highest BCUT2D eigenvalue weighted by Crippen LogP contribution is 2.28. The number of hydrogen-bond acceptors (Lipinski definition) is 4. The Bertz CT molecular complexity index is 412. The predicted octanol–water partition coefficient (Wildman–Crippen LogP) is 0.792. The zero-order valence-corrected chi connectivity index (χ0v) is 9.28. The lowest BCUT2D eigenvalue weighted by Gasteiger charge is -2.20. The van der Waals surface area contributed by atoms with Crippen molar-refractivity contribution in [1.82, 2.24) is 9.78 Å². The van der Waals surface area contributed by atoms with E-state index in [9.17, 15) is 18.0 Å². The second-order valence-electron chi connectivity index (χ2n) is 3.83. The van der Waals surface area contributed by atoms with Gasteiger partial charge in [0.1, 0.15) is 5.54 Å². The van der Waals surface area contributed by atoms with Crippen molar-refractivity contribution >= 4 is 5.97 Å². The summed E-state index contributed by atoms with van der Waals surface area (Å²) in [5, 5.41) is 3.49. The molecule has 0 aromatic carbocycles. The van der Waals surface area contributed by atoms with Gasteiger partial charge in [0.15, 0.2) is 0 Å². The molecule has 0 radical (unpaired) electrons. The van der Waals surface area contributed by atoms with Gasteiger partial charge in [-0.3, -0.25) is 9.48 Å². The smallest absolute Gasteiger partial charge is 0.419 e. The molecule has 1 rings (SSSR count). The minimum Gasteiger partial charge on any atom is -0.468 e. The normalized spacial score (nSPS) is 15.4. The Labute approximate surface area is 95.3 Å². The fourth-order valence-electron chi connectivity index (χ4n) is 1.23. The van der Waals surface area contributed by atoms with Crippen LogP contribution in [0.1, 0.15) is 12.5 Å². The number of carbonyl (C=O) groups is 1. The van der Waals surface area contributed by atoms with Gasteiger partial charge < -0.3 is 10.5 Å². The minimum atomic E-state index is -4.46. The molecule has 0 saturated carbocycles. The van der Waals surface area contributed by atoms with Crippen LogP contribution < -0.4 is 5.73 Å². The molecule has 8 heteroatoms. The van der Waals surface area contributed by atoms with Crippen LogP contribution in [0.5, 0.6) is 0 Å². The zero-order chi connectivity index (χ0) is 13.3. The summed E-state index contributed by atoms with van der Waals surface area (Å²) in [4.78, 5) is 11.2. The van der Waals surface area contributed by atoms with Gasteiger partial charge >= 0.3 is 12.1 Å². The Morgan fingerprint density at radius 1 is 1.59 bits per heavy atom. The van der Waals surface area contributed by atoms with Gasteiger partial charge in [-0.05, 0) is 6.92 Å². The van der Waals surface area contributed by atoms with Crippen molar-refractivity contribution in [2.45, 2.75) is 25.2 Å². The maximum Gasteiger partial charge on any atom is 0.419 e. The lowest BCUT2D eigenvalue weighted by Crippen LogP contribution is -2.49. The third-order valence-electron chi connectivity index (χ3n) is 2.10.